The number of ketones is 1. The summed E-state index contributed by atoms with van der Waals surface area (Å²) >= 11 is 0. The molecular formula is C24H19FO5. The first kappa shape index (κ1) is 20.8. The highest BCUT2D eigenvalue weighted by Gasteiger charge is 2.10. The summed E-state index contributed by atoms with van der Waals surface area (Å²) in [5, 5.41) is 0. The number of rotatable bonds is 7. The Morgan fingerprint density at radius 2 is 1.43 bits per heavy atom. The molecule has 0 bridgehead atoms. The summed E-state index contributed by atoms with van der Waals surface area (Å²) in [4.78, 5) is 24.5. The molecule has 0 spiro atoms. The molecule has 0 heterocycles. The average Bonchev–Trinajstić information content (AvgIpc) is 2.78. The summed E-state index contributed by atoms with van der Waals surface area (Å²) in [6.45, 7) is 0. The molecule has 0 saturated heterocycles. The van der Waals surface area contributed by atoms with Crippen molar-refractivity contribution < 1.29 is 28.2 Å². The minimum atomic E-state index is -0.609. The van der Waals surface area contributed by atoms with Gasteiger partial charge in [-0.2, -0.15) is 0 Å². The quantitative estimate of drug-likeness (QED) is 0.240. The second-order valence-electron chi connectivity index (χ2n) is 6.23. The molecule has 30 heavy (non-hydrogen) atoms. The molecule has 5 nitrogen and oxygen atoms in total. The number of hydrogen-bond acceptors (Lipinski definition) is 5. The zero-order chi connectivity index (χ0) is 21.5. The van der Waals surface area contributed by atoms with Crippen LogP contribution in [-0.2, 0) is 0 Å². The van der Waals surface area contributed by atoms with Crippen molar-refractivity contribution in [2.75, 3.05) is 14.2 Å². The maximum atomic E-state index is 12.9. The van der Waals surface area contributed by atoms with Gasteiger partial charge in [0.25, 0.3) is 0 Å². The maximum Gasteiger partial charge on any atom is 0.343 e. The average molecular weight is 406 g/mol. The van der Waals surface area contributed by atoms with Crippen LogP contribution in [0.1, 0.15) is 26.3 Å². The van der Waals surface area contributed by atoms with E-state index in [1.165, 1.54) is 42.5 Å². The summed E-state index contributed by atoms with van der Waals surface area (Å²) in [5.41, 5.74) is 1.45. The molecule has 3 rings (SSSR count). The SMILES string of the molecule is COc1ccc(/C=C/C(=O)c2ccc(OC(=O)c3ccc(F)cc3)cc2)cc1OC. The molecule has 0 fully saturated rings. The Labute approximate surface area is 173 Å². The third-order valence-corrected chi connectivity index (χ3v) is 4.26. The third kappa shape index (κ3) is 5.11. The third-order valence-electron chi connectivity index (χ3n) is 4.26. The number of halogens is 1. The molecular weight excluding hydrogens is 387 g/mol. The standard InChI is InChI=1S/C24H19FO5/c1-28-22-14-4-16(15-23(22)29-2)3-13-21(26)17-7-11-20(12-8-17)30-24(27)18-5-9-19(25)10-6-18/h3-15H,1-2H3/b13-3+. The molecule has 0 radical (unpaired) electrons. The molecule has 0 N–H and O–H groups in total. The lowest BCUT2D eigenvalue weighted by atomic mass is 10.1. The van der Waals surface area contributed by atoms with E-state index in [1.54, 1.807) is 44.6 Å². The number of benzene rings is 3. The van der Waals surface area contributed by atoms with Gasteiger partial charge in [-0.3, -0.25) is 4.79 Å². The Morgan fingerprint density at radius 1 is 0.800 bits per heavy atom. The smallest absolute Gasteiger partial charge is 0.343 e. The van der Waals surface area contributed by atoms with Gasteiger partial charge in [-0.25, -0.2) is 9.18 Å². The fourth-order valence-corrected chi connectivity index (χ4v) is 2.66. The zero-order valence-electron chi connectivity index (χ0n) is 16.4. The Hall–Kier alpha value is -3.93. The van der Waals surface area contributed by atoms with Crippen LogP contribution < -0.4 is 14.2 Å². The lowest BCUT2D eigenvalue weighted by Gasteiger charge is -2.07. The van der Waals surface area contributed by atoms with Crippen molar-refractivity contribution in [1.82, 2.24) is 0 Å². The fourth-order valence-electron chi connectivity index (χ4n) is 2.66. The van der Waals surface area contributed by atoms with Crippen molar-refractivity contribution in [2.45, 2.75) is 0 Å². The van der Waals surface area contributed by atoms with E-state index in [1.807, 2.05) is 6.07 Å². The van der Waals surface area contributed by atoms with Crippen molar-refractivity contribution in [3.63, 3.8) is 0 Å². The highest BCUT2D eigenvalue weighted by molar-refractivity contribution is 6.07. The van der Waals surface area contributed by atoms with Crippen molar-refractivity contribution in [1.29, 1.82) is 0 Å². The van der Waals surface area contributed by atoms with Gasteiger partial charge >= 0.3 is 5.97 Å². The van der Waals surface area contributed by atoms with Crippen LogP contribution in [0.4, 0.5) is 4.39 Å². The summed E-state index contributed by atoms with van der Waals surface area (Å²) in [7, 11) is 3.10. The molecule has 0 aliphatic rings. The molecule has 0 aromatic heterocycles. The second kappa shape index (κ2) is 9.52. The first-order chi connectivity index (χ1) is 14.5. The molecule has 152 valence electrons. The largest absolute Gasteiger partial charge is 0.493 e. The Morgan fingerprint density at radius 3 is 2.07 bits per heavy atom. The number of allylic oxidation sites excluding steroid dienone is 1. The van der Waals surface area contributed by atoms with Gasteiger partial charge in [0.05, 0.1) is 19.8 Å². The van der Waals surface area contributed by atoms with E-state index in [2.05, 4.69) is 0 Å². The number of esters is 1. The number of ether oxygens (including phenoxy) is 3. The van der Waals surface area contributed by atoms with Crippen LogP contribution in [0.25, 0.3) is 6.08 Å². The van der Waals surface area contributed by atoms with Gasteiger partial charge < -0.3 is 14.2 Å². The lowest BCUT2D eigenvalue weighted by Crippen LogP contribution is -2.08. The van der Waals surface area contributed by atoms with Gasteiger partial charge in [0.2, 0.25) is 0 Å². The molecule has 0 atom stereocenters. The molecule has 0 saturated carbocycles. The van der Waals surface area contributed by atoms with Gasteiger partial charge in [-0.15, -0.1) is 0 Å². The predicted octanol–water partition coefficient (Wildman–Crippen LogP) is 4.96. The van der Waals surface area contributed by atoms with Crippen molar-refractivity contribution in [2.24, 2.45) is 0 Å². The second-order valence-corrected chi connectivity index (χ2v) is 6.23. The van der Waals surface area contributed by atoms with E-state index in [4.69, 9.17) is 14.2 Å². The summed E-state index contributed by atoms with van der Waals surface area (Å²) in [5.74, 6) is 0.204. The highest BCUT2D eigenvalue weighted by atomic mass is 19.1. The molecule has 3 aromatic carbocycles. The zero-order valence-corrected chi connectivity index (χ0v) is 16.4. The van der Waals surface area contributed by atoms with Gasteiger partial charge in [0.15, 0.2) is 17.3 Å². The minimum absolute atomic E-state index is 0.207. The van der Waals surface area contributed by atoms with Gasteiger partial charge in [-0.1, -0.05) is 12.1 Å². The molecule has 3 aromatic rings. The first-order valence-electron chi connectivity index (χ1n) is 9.02. The monoisotopic (exact) mass is 406 g/mol. The van der Waals surface area contributed by atoms with Crippen LogP contribution in [-0.4, -0.2) is 26.0 Å². The van der Waals surface area contributed by atoms with Crippen LogP contribution in [0.3, 0.4) is 0 Å². The number of carbonyl (C=O) groups is 2. The van der Waals surface area contributed by atoms with Crippen molar-refractivity contribution in [3.05, 3.63) is 95.3 Å². The first-order valence-corrected chi connectivity index (χ1v) is 9.02. The number of methoxy groups -OCH3 is 2. The van der Waals surface area contributed by atoms with Crippen LogP contribution in [0, 0.1) is 5.82 Å². The summed E-state index contributed by atoms with van der Waals surface area (Å²) in [6.07, 6.45) is 3.12. The van der Waals surface area contributed by atoms with Crippen LogP contribution in [0.2, 0.25) is 0 Å². The summed E-state index contributed by atoms with van der Waals surface area (Å²) < 4.78 is 28.6. The Balaban J connectivity index is 1.65. The summed E-state index contributed by atoms with van der Waals surface area (Å²) in [6, 6.07) is 16.6. The predicted molar refractivity (Wildman–Crippen MR) is 111 cm³/mol. The molecule has 0 unspecified atom stereocenters. The van der Waals surface area contributed by atoms with E-state index in [0.29, 0.717) is 17.1 Å². The van der Waals surface area contributed by atoms with Crippen LogP contribution in [0.5, 0.6) is 17.2 Å². The molecule has 6 heteroatoms. The van der Waals surface area contributed by atoms with Crippen LogP contribution in [0.15, 0.2) is 72.8 Å². The van der Waals surface area contributed by atoms with E-state index in [-0.39, 0.29) is 17.1 Å². The van der Waals surface area contributed by atoms with Crippen molar-refractivity contribution >= 4 is 17.8 Å². The lowest BCUT2D eigenvalue weighted by molar-refractivity contribution is 0.0734. The van der Waals surface area contributed by atoms with Gasteiger partial charge in [0.1, 0.15) is 11.6 Å². The number of carbonyl (C=O) groups excluding carboxylic acids is 2. The van der Waals surface area contributed by atoms with E-state index >= 15 is 0 Å². The topological polar surface area (TPSA) is 61.8 Å². The molecule has 0 aliphatic carbocycles. The van der Waals surface area contributed by atoms with Gasteiger partial charge in [0, 0.05) is 5.56 Å². The van der Waals surface area contributed by atoms with Crippen molar-refractivity contribution in [3.8, 4) is 17.2 Å². The highest BCUT2D eigenvalue weighted by Crippen LogP contribution is 2.28. The number of hydrogen-bond donors (Lipinski definition) is 0. The molecule has 0 amide bonds. The van der Waals surface area contributed by atoms with E-state index < -0.39 is 11.8 Å². The maximum absolute atomic E-state index is 12.9. The fraction of sp³-hybridized carbons (Fsp3) is 0.0833. The van der Waals surface area contributed by atoms with Gasteiger partial charge in [-0.05, 0) is 72.3 Å². The minimum Gasteiger partial charge on any atom is -0.493 e. The van der Waals surface area contributed by atoms with Crippen LogP contribution >= 0.6 is 0 Å². The molecule has 0 aliphatic heterocycles. The van der Waals surface area contributed by atoms with E-state index in [0.717, 1.165) is 5.56 Å². The Bertz CT molecular complexity index is 1070. The van der Waals surface area contributed by atoms with E-state index in [9.17, 15) is 14.0 Å². The Kier molecular flexibility index (Phi) is 6.60. The normalized spacial score (nSPS) is 10.6.